The van der Waals surface area contributed by atoms with Gasteiger partial charge in [-0.05, 0) is 50.4 Å². The third-order valence-electron chi connectivity index (χ3n) is 2.90. The predicted octanol–water partition coefficient (Wildman–Crippen LogP) is 5.10. The van der Waals surface area contributed by atoms with E-state index in [0.717, 1.165) is 5.69 Å². The molecule has 0 aliphatic carbocycles. The van der Waals surface area contributed by atoms with Gasteiger partial charge in [0, 0.05) is 16.0 Å². The van der Waals surface area contributed by atoms with Crippen LogP contribution in [0.15, 0.2) is 41.9 Å². The highest BCUT2D eigenvalue weighted by atomic mass is 32.1. The molecule has 0 saturated carbocycles. The van der Waals surface area contributed by atoms with Crippen molar-refractivity contribution in [1.82, 2.24) is 9.78 Å². The van der Waals surface area contributed by atoms with Gasteiger partial charge in [0.05, 0.1) is 10.4 Å². The number of thiophene rings is 2. The predicted molar refractivity (Wildman–Crippen MR) is 83.8 cm³/mol. The Morgan fingerprint density at radius 3 is 2.42 bits per heavy atom. The molecule has 98 valence electrons. The van der Waals surface area contributed by atoms with E-state index in [4.69, 9.17) is 0 Å². The summed E-state index contributed by atoms with van der Waals surface area (Å²) in [7, 11) is 0. The minimum atomic E-state index is 0.0338. The molecule has 0 amide bonds. The van der Waals surface area contributed by atoms with Crippen molar-refractivity contribution in [3.8, 4) is 20.3 Å². The lowest BCUT2D eigenvalue weighted by molar-refractivity contribution is 0.356. The molecule has 0 aromatic carbocycles. The Morgan fingerprint density at radius 2 is 1.79 bits per heavy atom. The van der Waals surface area contributed by atoms with Gasteiger partial charge in [0.25, 0.3) is 0 Å². The molecule has 4 heteroatoms. The fraction of sp³-hybridized carbons (Fsp3) is 0.267. The molecule has 3 aromatic rings. The molecular weight excluding hydrogens is 272 g/mol. The van der Waals surface area contributed by atoms with E-state index in [9.17, 15) is 0 Å². The van der Waals surface area contributed by atoms with Crippen LogP contribution in [0.2, 0.25) is 0 Å². The molecular formula is C15H16N2S2. The Balaban J connectivity index is 1.93. The van der Waals surface area contributed by atoms with E-state index in [1.165, 1.54) is 14.6 Å². The molecule has 3 heterocycles. The monoisotopic (exact) mass is 288 g/mol. The van der Waals surface area contributed by atoms with Crippen molar-refractivity contribution in [3.05, 3.63) is 41.9 Å². The van der Waals surface area contributed by atoms with Gasteiger partial charge in [0.15, 0.2) is 0 Å². The van der Waals surface area contributed by atoms with Crippen molar-refractivity contribution in [2.75, 3.05) is 0 Å². The van der Waals surface area contributed by atoms with Crippen molar-refractivity contribution < 1.29 is 0 Å². The molecule has 0 saturated heterocycles. The van der Waals surface area contributed by atoms with Crippen LogP contribution in [0.5, 0.6) is 0 Å². The molecule has 2 nitrogen and oxygen atoms in total. The maximum atomic E-state index is 4.68. The van der Waals surface area contributed by atoms with Crippen LogP contribution in [0.3, 0.4) is 0 Å². The van der Waals surface area contributed by atoms with Gasteiger partial charge < -0.3 is 0 Å². The summed E-state index contributed by atoms with van der Waals surface area (Å²) in [5, 5.41) is 6.79. The molecule has 3 rings (SSSR count). The fourth-order valence-electron chi connectivity index (χ4n) is 1.86. The minimum Gasteiger partial charge on any atom is -0.267 e. The maximum Gasteiger partial charge on any atom is 0.102 e. The van der Waals surface area contributed by atoms with Crippen molar-refractivity contribution >= 4 is 22.7 Å². The van der Waals surface area contributed by atoms with E-state index in [1.807, 2.05) is 4.68 Å². The van der Waals surface area contributed by atoms with E-state index in [0.29, 0.717) is 0 Å². The van der Waals surface area contributed by atoms with Gasteiger partial charge >= 0.3 is 0 Å². The lowest BCUT2D eigenvalue weighted by Gasteiger charge is -2.18. The van der Waals surface area contributed by atoms with Crippen molar-refractivity contribution in [2.24, 2.45) is 0 Å². The van der Waals surface area contributed by atoms with Gasteiger partial charge in [-0.15, -0.1) is 22.7 Å². The van der Waals surface area contributed by atoms with Gasteiger partial charge in [-0.25, -0.2) is 0 Å². The first-order chi connectivity index (χ1) is 9.04. The molecule has 0 fully saturated rings. The van der Waals surface area contributed by atoms with Gasteiger partial charge in [-0.2, -0.15) is 5.10 Å². The van der Waals surface area contributed by atoms with Crippen LogP contribution < -0.4 is 0 Å². The van der Waals surface area contributed by atoms with Crippen LogP contribution in [-0.4, -0.2) is 9.78 Å². The van der Waals surface area contributed by atoms with Crippen LogP contribution in [-0.2, 0) is 5.54 Å². The van der Waals surface area contributed by atoms with E-state index < -0.39 is 0 Å². The highest BCUT2D eigenvalue weighted by Crippen LogP contribution is 2.36. The topological polar surface area (TPSA) is 17.8 Å². The summed E-state index contributed by atoms with van der Waals surface area (Å²) in [6, 6.07) is 10.7. The van der Waals surface area contributed by atoms with Crippen molar-refractivity contribution in [3.63, 3.8) is 0 Å². The maximum absolute atomic E-state index is 4.68. The Kier molecular flexibility index (Phi) is 3.07. The van der Waals surface area contributed by atoms with E-state index in [-0.39, 0.29) is 5.54 Å². The van der Waals surface area contributed by atoms with Crippen LogP contribution >= 0.6 is 22.7 Å². The van der Waals surface area contributed by atoms with E-state index in [1.54, 1.807) is 22.7 Å². The summed E-state index contributed by atoms with van der Waals surface area (Å²) < 4.78 is 2.02. The van der Waals surface area contributed by atoms with E-state index >= 15 is 0 Å². The van der Waals surface area contributed by atoms with Gasteiger partial charge in [-0.3, -0.25) is 4.68 Å². The van der Waals surface area contributed by atoms with Gasteiger partial charge in [-0.1, -0.05) is 6.07 Å². The largest absolute Gasteiger partial charge is 0.267 e. The summed E-state index contributed by atoms with van der Waals surface area (Å²) >= 11 is 3.58. The van der Waals surface area contributed by atoms with Crippen LogP contribution in [0.1, 0.15) is 20.8 Å². The van der Waals surface area contributed by atoms with Gasteiger partial charge in [0.2, 0.25) is 0 Å². The average molecular weight is 288 g/mol. The summed E-state index contributed by atoms with van der Waals surface area (Å²) in [6.45, 7) is 6.49. The second-order valence-electron chi connectivity index (χ2n) is 5.46. The number of nitrogens with zero attached hydrogens (tertiary/aromatic N) is 2. The molecule has 19 heavy (non-hydrogen) atoms. The molecule has 0 unspecified atom stereocenters. The molecule has 0 bridgehead atoms. The molecule has 0 radical (unpaired) electrons. The fourth-order valence-corrected chi connectivity index (χ4v) is 3.66. The number of aromatic nitrogens is 2. The van der Waals surface area contributed by atoms with E-state index in [2.05, 4.69) is 67.8 Å². The zero-order chi connectivity index (χ0) is 13.5. The van der Waals surface area contributed by atoms with Crippen LogP contribution in [0.4, 0.5) is 0 Å². The number of hydrogen-bond donors (Lipinski definition) is 0. The molecule has 0 atom stereocenters. The number of hydrogen-bond acceptors (Lipinski definition) is 3. The Hall–Kier alpha value is -1.39. The highest BCUT2D eigenvalue weighted by molar-refractivity contribution is 7.23. The third-order valence-corrected chi connectivity index (χ3v) is 5.07. The summed E-state index contributed by atoms with van der Waals surface area (Å²) in [6.07, 6.45) is 2.06. The standard InChI is InChI=1S/C15H16N2S2/c1-15(2,3)17-9-8-11(16-17)12-6-7-14(19-12)13-5-4-10-18-13/h4-10H,1-3H3. The lowest BCUT2D eigenvalue weighted by Crippen LogP contribution is -2.22. The smallest absolute Gasteiger partial charge is 0.102 e. The van der Waals surface area contributed by atoms with Crippen molar-refractivity contribution in [2.45, 2.75) is 26.3 Å². The quantitative estimate of drug-likeness (QED) is 0.642. The highest BCUT2D eigenvalue weighted by Gasteiger charge is 2.15. The zero-order valence-electron chi connectivity index (χ0n) is 11.3. The second-order valence-corrected chi connectivity index (χ2v) is 7.49. The average Bonchev–Trinajstić information content (AvgIpc) is 3.10. The minimum absolute atomic E-state index is 0.0338. The first-order valence-electron chi connectivity index (χ1n) is 6.24. The number of rotatable bonds is 2. The van der Waals surface area contributed by atoms with Crippen molar-refractivity contribution in [1.29, 1.82) is 0 Å². The third kappa shape index (κ3) is 2.51. The zero-order valence-corrected chi connectivity index (χ0v) is 12.9. The normalized spacial score (nSPS) is 11.9. The SMILES string of the molecule is CC(C)(C)n1ccc(-c2ccc(-c3cccs3)s2)n1. The molecule has 0 aliphatic rings. The Bertz CT molecular complexity index is 669. The molecule has 0 spiro atoms. The first kappa shape index (κ1) is 12.6. The second kappa shape index (κ2) is 4.62. The lowest BCUT2D eigenvalue weighted by atomic mass is 10.1. The molecule has 0 aliphatic heterocycles. The van der Waals surface area contributed by atoms with Crippen LogP contribution in [0.25, 0.3) is 20.3 Å². The molecule has 3 aromatic heterocycles. The summed E-state index contributed by atoms with van der Waals surface area (Å²) in [5.74, 6) is 0. The Labute approximate surface area is 121 Å². The Morgan fingerprint density at radius 1 is 1.00 bits per heavy atom. The van der Waals surface area contributed by atoms with Crippen LogP contribution in [0, 0.1) is 0 Å². The summed E-state index contributed by atoms with van der Waals surface area (Å²) in [4.78, 5) is 3.87. The molecule has 0 N–H and O–H groups in total. The summed E-state index contributed by atoms with van der Waals surface area (Å²) in [5.41, 5.74) is 1.09. The first-order valence-corrected chi connectivity index (χ1v) is 7.94. The van der Waals surface area contributed by atoms with Gasteiger partial charge in [0.1, 0.15) is 5.69 Å².